The summed E-state index contributed by atoms with van der Waals surface area (Å²) in [7, 11) is 0. The number of hydrogen-bond donors (Lipinski definition) is 0. The van der Waals surface area contributed by atoms with E-state index in [1.807, 2.05) is 23.7 Å². The van der Waals surface area contributed by atoms with E-state index in [2.05, 4.69) is 49.1 Å². The highest BCUT2D eigenvalue weighted by Gasteiger charge is 2.19. The van der Waals surface area contributed by atoms with Crippen LogP contribution in [0.25, 0.3) is 0 Å². The highest BCUT2D eigenvalue weighted by Crippen LogP contribution is 2.28. The highest BCUT2D eigenvalue weighted by atomic mass is 16.5. The summed E-state index contributed by atoms with van der Waals surface area (Å²) in [6, 6.07) is 10.4. The molecule has 1 aliphatic heterocycles. The number of aromatic nitrogens is 2. The molecule has 1 aromatic heterocycles. The van der Waals surface area contributed by atoms with Crippen molar-refractivity contribution in [1.29, 1.82) is 0 Å². The fourth-order valence-corrected chi connectivity index (χ4v) is 2.59. The van der Waals surface area contributed by atoms with Gasteiger partial charge in [0.15, 0.2) is 5.84 Å². The van der Waals surface area contributed by atoms with Crippen molar-refractivity contribution in [2.24, 2.45) is 4.99 Å². The molecule has 2 heterocycles. The van der Waals surface area contributed by atoms with Crippen molar-refractivity contribution >= 4 is 5.84 Å². The van der Waals surface area contributed by atoms with E-state index in [0.29, 0.717) is 13.2 Å². The highest BCUT2D eigenvalue weighted by molar-refractivity contribution is 5.87. The molecule has 0 aliphatic carbocycles. The summed E-state index contributed by atoms with van der Waals surface area (Å²) in [6.45, 7) is 9.88. The van der Waals surface area contributed by atoms with Crippen molar-refractivity contribution < 1.29 is 4.74 Å². The first-order chi connectivity index (χ1) is 10.5. The summed E-state index contributed by atoms with van der Waals surface area (Å²) in [5.74, 6) is 1.75. The lowest BCUT2D eigenvalue weighted by molar-refractivity contribution is 0.371. The molecule has 0 bridgehead atoms. The first kappa shape index (κ1) is 14.8. The third-order valence-electron chi connectivity index (χ3n) is 4.46. The molecular formula is C18H23N3O. The molecule has 4 nitrogen and oxygen atoms in total. The second-order valence-electron chi connectivity index (χ2n) is 6.47. The Bertz CT molecular complexity index is 696. The van der Waals surface area contributed by atoms with Crippen LogP contribution in [0, 0.1) is 6.92 Å². The van der Waals surface area contributed by atoms with Crippen LogP contribution in [0.2, 0.25) is 0 Å². The first-order valence-electron chi connectivity index (χ1n) is 7.82. The molecule has 0 N–H and O–H groups in total. The quantitative estimate of drug-likeness (QED) is 0.844. The average molecular weight is 297 g/mol. The minimum atomic E-state index is 0.204. The maximum Gasteiger partial charge on any atom is 0.163 e. The lowest BCUT2D eigenvalue weighted by Gasteiger charge is -2.23. The number of fused-ring (bicyclic) bond motifs is 1. The molecule has 1 aromatic carbocycles. The van der Waals surface area contributed by atoms with Gasteiger partial charge in [-0.2, -0.15) is 5.10 Å². The van der Waals surface area contributed by atoms with Gasteiger partial charge in [0.25, 0.3) is 0 Å². The number of rotatable bonds is 5. The number of ether oxygens (including phenoxy) is 1. The minimum Gasteiger partial charge on any atom is -0.486 e. The van der Waals surface area contributed by atoms with Crippen LogP contribution >= 0.6 is 0 Å². The van der Waals surface area contributed by atoms with Gasteiger partial charge in [-0.3, -0.25) is 4.99 Å². The van der Waals surface area contributed by atoms with Gasteiger partial charge in [-0.1, -0.05) is 32.9 Å². The van der Waals surface area contributed by atoms with Crippen LogP contribution in [0.4, 0.5) is 0 Å². The number of aliphatic imine (C=N–C) groups is 1. The topological polar surface area (TPSA) is 39.4 Å². The van der Waals surface area contributed by atoms with Crippen LogP contribution in [0.3, 0.4) is 0 Å². The van der Waals surface area contributed by atoms with Crippen LogP contribution < -0.4 is 4.74 Å². The zero-order chi connectivity index (χ0) is 15.7. The van der Waals surface area contributed by atoms with Crippen molar-refractivity contribution in [1.82, 2.24) is 9.78 Å². The molecule has 0 amide bonds. The van der Waals surface area contributed by atoms with Gasteiger partial charge < -0.3 is 4.74 Å². The van der Waals surface area contributed by atoms with Gasteiger partial charge in [-0.05, 0) is 42.5 Å². The van der Waals surface area contributed by atoms with E-state index in [0.717, 1.165) is 29.4 Å². The number of nitrogens with zero attached hydrogens (tertiary/aromatic N) is 3. The smallest absolute Gasteiger partial charge is 0.163 e. The number of aryl methyl sites for hydroxylation is 1. The molecule has 1 aliphatic rings. The third kappa shape index (κ3) is 2.78. The van der Waals surface area contributed by atoms with Crippen molar-refractivity contribution in [3.63, 3.8) is 0 Å². The second kappa shape index (κ2) is 5.59. The Balaban J connectivity index is 1.65. The fraction of sp³-hybridized carbons (Fsp3) is 0.444. The fourth-order valence-electron chi connectivity index (χ4n) is 2.59. The molecule has 0 radical (unpaired) electrons. The summed E-state index contributed by atoms with van der Waals surface area (Å²) in [5.41, 5.74) is 3.70. The lowest BCUT2D eigenvalue weighted by Crippen LogP contribution is -2.20. The molecular weight excluding hydrogens is 274 g/mol. The van der Waals surface area contributed by atoms with E-state index in [-0.39, 0.29) is 5.41 Å². The molecule has 3 rings (SSSR count). The zero-order valence-electron chi connectivity index (χ0n) is 13.8. The van der Waals surface area contributed by atoms with Crippen molar-refractivity contribution in [2.75, 3.05) is 6.61 Å². The molecule has 0 saturated carbocycles. The first-order valence-corrected chi connectivity index (χ1v) is 7.82. The Kier molecular flexibility index (Phi) is 3.77. The molecule has 0 spiro atoms. The molecule has 0 fully saturated rings. The van der Waals surface area contributed by atoms with E-state index in [1.165, 1.54) is 5.56 Å². The zero-order valence-corrected chi connectivity index (χ0v) is 13.8. The molecule has 116 valence electrons. The molecule has 0 unspecified atom stereocenters. The molecule has 2 aromatic rings. The summed E-state index contributed by atoms with van der Waals surface area (Å²) in [6.07, 6.45) is 1.12. The predicted molar refractivity (Wildman–Crippen MR) is 88.8 cm³/mol. The van der Waals surface area contributed by atoms with Crippen LogP contribution in [-0.4, -0.2) is 22.2 Å². The van der Waals surface area contributed by atoms with Crippen LogP contribution in [0.1, 0.15) is 44.1 Å². The van der Waals surface area contributed by atoms with Gasteiger partial charge in [-0.15, -0.1) is 0 Å². The van der Waals surface area contributed by atoms with E-state index < -0.39 is 0 Å². The van der Waals surface area contributed by atoms with E-state index in [4.69, 9.17) is 4.74 Å². The number of hydrogen-bond acceptors (Lipinski definition) is 3. The van der Waals surface area contributed by atoms with E-state index in [9.17, 15) is 0 Å². The van der Waals surface area contributed by atoms with Crippen molar-refractivity contribution in [2.45, 2.75) is 46.1 Å². The van der Waals surface area contributed by atoms with E-state index in [1.54, 1.807) is 0 Å². The summed E-state index contributed by atoms with van der Waals surface area (Å²) < 4.78 is 7.76. The standard InChI is InChI=1S/C18H23N3O/c1-5-18(3,4)14-6-8-16(9-7-14)22-12-17-19-11-15-10-13(2)20-21(15)17/h6-10H,5,11-12H2,1-4H3. The third-order valence-corrected chi connectivity index (χ3v) is 4.46. The van der Waals surface area contributed by atoms with Gasteiger partial charge in [-0.25, -0.2) is 4.68 Å². The average Bonchev–Trinajstić information content (AvgIpc) is 3.05. The Morgan fingerprint density at radius 3 is 2.64 bits per heavy atom. The van der Waals surface area contributed by atoms with Crippen LogP contribution in [-0.2, 0) is 12.0 Å². The Morgan fingerprint density at radius 1 is 1.23 bits per heavy atom. The van der Waals surface area contributed by atoms with Crippen molar-refractivity contribution in [3.05, 3.63) is 47.3 Å². The van der Waals surface area contributed by atoms with Gasteiger partial charge in [0.2, 0.25) is 0 Å². The Labute approximate surface area is 131 Å². The lowest BCUT2D eigenvalue weighted by atomic mass is 9.82. The van der Waals surface area contributed by atoms with E-state index >= 15 is 0 Å². The normalized spacial score (nSPS) is 13.9. The predicted octanol–water partition coefficient (Wildman–Crippen LogP) is 3.72. The molecule has 0 atom stereocenters. The maximum absolute atomic E-state index is 5.87. The van der Waals surface area contributed by atoms with Gasteiger partial charge in [0.05, 0.1) is 17.9 Å². The molecule has 22 heavy (non-hydrogen) atoms. The molecule has 4 heteroatoms. The number of benzene rings is 1. The van der Waals surface area contributed by atoms with Gasteiger partial charge >= 0.3 is 0 Å². The monoisotopic (exact) mass is 297 g/mol. The second-order valence-corrected chi connectivity index (χ2v) is 6.47. The van der Waals surface area contributed by atoms with Crippen LogP contribution in [0.5, 0.6) is 5.75 Å². The SMILES string of the molecule is CCC(C)(C)c1ccc(OCC2=NCc3cc(C)nn32)cc1. The summed E-state index contributed by atoms with van der Waals surface area (Å²) in [4.78, 5) is 4.48. The molecule has 0 saturated heterocycles. The largest absolute Gasteiger partial charge is 0.486 e. The Hall–Kier alpha value is -2.10. The van der Waals surface area contributed by atoms with Gasteiger partial charge in [0.1, 0.15) is 12.4 Å². The summed E-state index contributed by atoms with van der Waals surface area (Å²) in [5, 5.41) is 4.45. The maximum atomic E-state index is 5.87. The van der Waals surface area contributed by atoms with Gasteiger partial charge in [0, 0.05) is 0 Å². The summed E-state index contributed by atoms with van der Waals surface area (Å²) >= 11 is 0. The van der Waals surface area contributed by atoms with Crippen LogP contribution in [0.15, 0.2) is 35.3 Å². The Morgan fingerprint density at radius 2 is 1.95 bits per heavy atom. The minimum absolute atomic E-state index is 0.204. The van der Waals surface area contributed by atoms with Crippen molar-refractivity contribution in [3.8, 4) is 5.75 Å².